The zero-order valence-electron chi connectivity index (χ0n) is 8.52. The number of aromatic nitrogens is 1. The predicted octanol–water partition coefficient (Wildman–Crippen LogP) is 2.28. The van der Waals surface area contributed by atoms with Gasteiger partial charge in [0.15, 0.2) is 0 Å². The van der Waals surface area contributed by atoms with Gasteiger partial charge in [-0.3, -0.25) is 4.79 Å². The van der Waals surface area contributed by atoms with E-state index in [4.69, 9.17) is 5.26 Å². The Balaban J connectivity index is 3.34. The molecular formula is C9H5F5N2O2. The number of alkyl halides is 5. The topological polar surface area (TPSA) is 65.9 Å². The summed E-state index contributed by atoms with van der Waals surface area (Å²) in [6.07, 6.45) is -8.99. The summed E-state index contributed by atoms with van der Waals surface area (Å²) in [6, 6.07) is 1.80. The highest BCUT2D eigenvalue weighted by Gasteiger charge is 2.33. The number of nitriles is 1. The zero-order chi connectivity index (χ0) is 13.9. The number of ether oxygens (including phenoxy) is 1. The number of nitrogens with one attached hydrogen (secondary N) is 1. The highest BCUT2D eigenvalue weighted by molar-refractivity contribution is 5.35. The first-order chi connectivity index (χ1) is 8.24. The maximum Gasteiger partial charge on any atom is 0.573 e. The van der Waals surface area contributed by atoms with E-state index >= 15 is 0 Å². The molecule has 0 aliphatic carbocycles. The van der Waals surface area contributed by atoms with E-state index in [9.17, 15) is 26.7 Å². The maximum atomic E-state index is 12.3. The molecule has 0 aromatic carbocycles. The minimum absolute atomic E-state index is 0.353. The van der Waals surface area contributed by atoms with Gasteiger partial charge < -0.3 is 9.72 Å². The van der Waals surface area contributed by atoms with Crippen molar-refractivity contribution < 1.29 is 26.7 Å². The van der Waals surface area contributed by atoms with E-state index in [1.807, 2.05) is 0 Å². The minimum atomic E-state index is -5.14. The van der Waals surface area contributed by atoms with Gasteiger partial charge >= 0.3 is 6.36 Å². The van der Waals surface area contributed by atoms with Gasteiger partial charge in [0.25, 0.3) is 12.0 Å². The molecule has 0 saturated carbocycles. The van der Waals surface area contributed by atoms with Crippen LogP contribution < -0.4 is 10.3 Å². The summed E-state index contributed by atoms with van der Waals surface area (Å²) in [5.74, 6) is -1.09. The monoisotopic (exact) mass is 268 g/mol. The Kier molecular flexibility index (Phi) is 3.90. The highest BCUT2D eigenvalue weighted by Crippen LogP contribution is 2.27. The molecule has 1 aromatic rings. The number of nitrogens with zero attached hydrogens (tertiary/aromatic N) is 1. The van der Waals surface area contributed by atoms with Crippen molar-refractivity contribution >= 4 is 0 Å². The molecule has 0 saturated heterocycles. The second kappa shape index (κ2) is 5.03. The Hall–Kier alpha value is -2.11. The quantitative estimate of drug-likeness (QED) is 0.855. The molecule has 18 heavy (non-hydrogen) atoms. The molecule has 0 amide bonds. The van der Waals surface area contributed by atoms with Crippen LogP contribution in [0.25, 0.3) is 0 Å². The summed E-state index contributed by atoms with van der Waals surface area (Å²) in [6.45, 7) is 0. The summed E-state index contributed by atoms with van der Waals surface area (Å²) in [7, 11) is 0. The van der Waals surface area contributed by atoms with Gasteiger partial charge in [-0.1, -0.05) is 0 Å². The van der Waals surface area contributed by atoms with E-state index in [-0.39, 0.29) is 0 Å². The first-order valence-corrected chi connectivity index (χ1v) is 4.41. The van der Waals surface area contributed by atoms with Crippen molar-refractivity contribution in [2.24, 2.45) is 0 Å². The number of pyridine rings is 1. The first-order valence-electron chi connectivity index (χ1n) is 4.41. The van der Waals surface area contributed by atoms with Gasteiger partial charge in [-0.25, -0.2) is 8.78 Å². The molecule has 4 nitrogen and oxygen atoms in total. The van der Waals surface area contributed by atoms with Crippen LogP contribution in [0.5, 0.6) is 5.75 Å². The number of H-pyrrole nitrogens is 1. The van der Waals surface area contributed by atoms with Crippen LogP contribution in [0.3, 0.4) is 0 Å². The summed E-state index contributed by atoms with van der Waals surface area (Å²) in [5, 5.41) is 8.36. The molecule has 9 heteroatoms. The van der Waals surface area contributed by atoms with Gasteiger partial charge in [0.05, 0.1) is 23.7 Å². The molecule has 0 spiro atoms. The third-order valence-electron chi connectivity index (χ3n) is 1.83. The Morgan fingerprint density at radius 1 is 1.44 bits per heavy atom. The van der Waals surface area contributed by atoms with Crippen molar-refractivity contribution in [1.82, 2.24) is 4.98 Å². The lowest BCUT2D eigenvalue weighted by Gasteiger charge is -2.12. The van der Waals surface area contributed by atoms with Crippen molar-refractivity contribution in [2.45, 2.75) is 19.2 Å². The number of hydrogen-bond acceptors (Lipinski definition) is 3. The van der Waals surface area contributed by atoms with Crippen LogP contribution in [0.1, 0.15) is 17.7 Å². The molecule has 1 rings (SSSR count). The lowest BCUT2D eigenvalue weighted by molar-refractivity contribution is -0.275. The van der Waals surface area contributed by atoms with Crippen LogP contribution >= 0.6 is 0 Å². The first kappa shape index (κ1) is 14.0. The molecule has 0 aliphatic rings. The number of aromatic amines is 1. The second-order valence-corrected chi connectivity index (χ2v) is 3.08. The molecule has 0 bridgehead atoms. The van der Waals surface area contributed by atoms with E-state index in [1.54, 1.807) is 4.98 Å². The molecule has 1 aromatic heterocycles. The van der Waals surface area contributed by atoms with Crippen molar-refractivity contribution in [2.75, 3.05) is 0 Å². The van der Waals surface area contributed by atoms with Crippen LogP contribution in [0.2, 0.25) is 0 Å². The average Bonchev–Trinajstić information content (AvgIpc) is 2.20. The van der Waals surface area contributed by atoms with Crippen LogP contribution in [0.15, 0.2) is 10.9 Å². The van der Waals surface area contributed by atoms with Crippen molar-refractivity contribution in [3.8, 4) is 11.8 Å². The number of hydrogen-bond donors (Lipinski definition) is 1. The maximum absolute atomic E-state index is 12.3. The Labute approximate surface area is 96.6 Å². The predicted molar refractivity (Wildman–Crippen MR) is 48.0 cm³/mol. The highest BCUT2D eigenvalue weighted by atomic mass is 19.4. The summed E-state index contributed by atoms with van der Waals surface area (Å²) in [4.78, 5) is 12.9. The van der Waals surface area contributed by atoms with Gasteiger partial charge in [0, 0.05) is 6.07 Å². The lowest BCUT2D eigenvalue weighted by Crippen LogP contribution is -2.23. The van der Waals surface area contributed by atoms with Crippen molar-refractivity contribution in [1.29, 1.82) is 5.26 Å². The average molecular weight is 268 g/mol. The minimum Gasteiger partial charge on any atom is -0.405 e. The second-order valence-electron chi connectivity index (χ2n) is 3.08. The third-order valence-corrected chi connectivity index (χ3v) is 1.83. The number of halogens is 5. The fourth-order valence-corrected chi connectivity index (χ4v) is 1.16. The molecule has 0 unspecified atom stereocenters. The largest absolute Gasteiger partial charge is 0.573 e. The molecule has 0 atom stereocenters. The van der Waals surface area contributed by atoms with Gasteiger partial charge in [0.1, 0.15) is 5.75 Å². The van der Waals surface area contributed by atoms with Crippen LogP contribution in [0.4, 0.5) is 22.0 Å². The Morgan fingerprint density at radius 2 is 2.06 bits per heavy atom. The van der Waals surface area contributed by atoms with Crippen LogP contribution in [0, 0.1) is 11.3 Å². The molecule has 1 heterocycles. The molecule has 1 N–H and O–H groups in total. The Bertz CT molecular complexity index is 529. The van der Waals surface area contributed by atoms with Gasteiger partial charge in [-0.05, 0) is 0 Å². The van der Waals surface area contributed by atoms with Gasteiger partial charge in [-0.15, -0.1) is 13.2 Å². The van der Waals surface area contributed by atoms with Crippen molar-refractivity contribution in [3.05, 3.63) is 27.7 Å². The standard InChI is InChI=1S/C9H5F5N2O2/c10-7(11)5-3-6(18-9(12,13)14)4(1-2-15)8(17)16-5/h3,7H,1H2,(H,16,17). The fraction of sp³-hybridized carbons (Fsp3) is 0.333. The SMILES string of the molecule is N#CCc1c(OC(F)(F)F)cc(C(F)F)[nH]c1=O. The Morgan fingerprint density at radius 3 is 2.50 bits per heavy atom. The number of rotatable bonds is 3. The summed E-state index contributed by atoms with van der Waals surface area (Å²) in [5.41, 5.74) is -2.88. The molecule has 98 valence electrons. The normalized spacial score (nSPS) is 11.4. The van der Waals surface area contributed by atoms with Crippen LogP contribution in [-0.4, -0.2) is 11.3 Å². The summed E-state index contributed by atoms with van der Waals surface area (Å²) >= 11 is 0. The van der Waals surface area contributed by atoms with Crippen LogP contribution in [-0.2, 0) is 6.42 Å². The van der Waals surface area contributed by atoms with E-state index in [0.717, 1.165) is 0 Å². The van der Waals surface area contributed by atoms with E-state index in [1.165, 1.54) is 6.07 Å². The summed E-state index contributed by atoms with van der Waals surface area (Å²) < 4.78 is 64.1. The molecule has 0 fully saturated rings. The van der Waals surface area contributed by atoms with Gasteiger partial charge in [0.2, 0.25) is 0 Å². The molecule has 0 aliphatic heterocycles. The van der Waals surface area contributed by atoms with Crippen molar-refractivity contribution in [3.63, 3.8) is 0 Å². The smallest absolute Gasteiger partial charge is 0.405 e. The molecule has 0 radical (unpaired) electrons. The van der Waals surface area contributed by atoms with Gasteiger partial charge in [-0.2, -0.15) is 5.26 Å². The molecular weight excluding hydrogens is 263 g/mol. The fourth-order valence-electron chi connectivity index (χ4n) is 1.16. The third kappa shape index (κ3) is 3.44. The zero-order valence-corrected chi connectivity index (χ0v) is 8.52. The van der Waals surface area contributed by atoms with E-state index < -0.39 is 41.8 Å². The lowest BCUT2D eigenvalue weighted by atomic mass is 10.2. The van der Waals surface area contributed by atoms with E-state index in [0.29, 0.717) is 6.07 Å². The van der Waals surface area contributed by atoms with E-state index in [2.05, 4.69) is 4.74 Å².